The van der Waals surface area contributed by atoms with Gasteiger partial charge >= 0.3 is 0 Å². The third kappa shape index (κ3) is 6.91. The summed E-state index contributed by atoms with van der Waals surface area (Å²) in [5.41, 5.74) is 0. The van der Waals surface area contributed by atoms with Crippen molar-refractivity contribution in [1.82, 2.24) is 4.90 Å². The summed E-state index contributed by atoms with van der Waals surface area (Å²) in [6, 6.07) is 2.29. The number of rotatable bonds is 7. The lowest BCUT2D eigenvalue weighted by Crippen LogP contribution is -2.29. The van der Waals surface area contributed by atoms with Gasteiger partial charge < -0.3 is 4.90 Å². The van der Waals surface area contributed by atoms with E-state index in [1.165, 1.54) is 12.8 Å². The molecule has 82 valence electrons. The predicted octanol–water partition coefficient (Wildman–Crippen LogP) is 2.90. The van der Waals surface area contributed by atoms with Gasteiger partial charge in [0.1, 0.15) is 0 Å². The lowest BCUT2D eigenvalue weighted by molar-refractivity contribution is 0.258. The van der Waals surface area contributed by atoms with Crippen molar-refractivity contribution < 1.29 is 0 Å². The highest BCUT2D eigenvalue weighted by atomic mass is 15.1. The molecule has 0 saturated heterocycles. The average Bonchev–Trinajstić information content (AvgIpc) is 2.15. The summed E-state index contributed by atoms with van der Waals surface area (Å²) >= 11 is 0. The first kappa shape index (κ1) is 13.4. The van der Waals surface area contributed by atoms with Crippen LogP contribution in [-0.2, 0) is 0 Å². The van der Waals surface area contributed by atoms with Gasteiger partial charge in [-0.25, -0.2) is 0 Å². The molecule has 0 aliphatic carbocycles. The molecule has 0 spiro atoms. The molecule has 2 nitrogen and oxygen atoms in total. The first-order valence-electron chi connectivity index (χ1n) is 5.72. The second kappa shape index (κ2) is 7.82. The lowest BCUT2D eigenvalue weighted by Gasteiger charge is -2.21. The second-order valence-corrected chi connectivity index (χ2v) is 4.46. The SMILES string of the molecule is CCN(CCCC(C)C)CC(C)C#N. The minimum atomic E-state index is 0.161. The standard InChI is InChI=1S/C12H24N2/c1-5-14(10-12(4)9-13)8-6-7-11(2)3/h11-12H,5-8,10H2,1-4H3. The Labute approximate surface area is 88.9 Å². The first-order valence-corrected chi connectivity index (χ1v) is 5.72. The quantitative estimate of drug-likeness (QED) is 0.626. The van der Waals surface area contributed by atoms with Gasteiger partial charge in [0.05, 0.1) is 12.0 Å². The van der Waals surface area contributed by atoms with Crippen LogP contribution in [0.3, 0.4) is 0 Å². The molecule has 0 bridgehead atoms. The molecule has 1 atom stereocenters. The molecule has 0 fully saturated rings. The summed E-state index contributed by atoms with van der Waals surface area (Å²) in [5, 5.41) is 8.72. The lowest BCUT2D eigenvalue weighted by atomic mass is 10.1. The van der Waals surface area contributed by atoms with Gasteiger partial charge in [0.25, 0.3) is 0 Å². The monoisotopic (exact) mass is 196 g/mol. The molecule has 0 amide bonds. The highest BCUT2D eigenvalue weighted by molar-refractivity contribution is 4.81. The van der Waals surface area contributed by atoms with E-state index in [0.717, 1.165) is 25.6 Å². The fourth-order valence-electron chi connectivity index (χ4n) is 1.53. The number of nitriles is 1. The van der Waals surface area contributed by atoms with Gasteiger partial charge in [-0.15, -0.1) is 0 Å². The Bertz CT molecular complexity index is 170. The van der Waals surface area contributed by atoms with Crippen molar-refractivity contribution >= 4 is 0 Å². The van der Waals surface area contributed by atoms with Crippen molar-refractivity contribution in [1.29, 1.82) is 5.26 Å². The first-order chi connectivity index (χ1) is 6.60. The maximum Gasteiger partial charge on any atom is 0.0666 e. The normalized spacial score (nSPS) is 13.2. The van der Waals surface area contributed by atoms with Crippen LogP contribution >= 0.6 is 0 Å². The zero-order valence-corrected chi connectivity index (χ0v) is 10.1. The molecular weight excluding hydrogens is 172 g/mol. The van der Waals surface area contributed by atoms with Crippen LogP contribution in [0.4, 0.5) is 0 Å². The summed E-state index contributed by atoms with van der Waals surface area (Å²) in [6.07, 6.45) is 2.54. The smallest absolute Gasteiger partial charge is 0.0666 e. The Balaban J connectivity index is 3.64. The summed E-state index contributed by atoms with van der Waals surface area (Å²) < 4.78 is 0. The highest BCUT2D eigenvalue weighted by Crippen LogP contribution is 2.06. The Kier molecular flexibility index (Phi) is 7.51. The molecule has 2 heteroatoms. The maximum atomic E-state index is 8.72. The van der Waals surface area contributed by atoms with E-state index < -0.39 is 0 Å². The van der Waals surface area contributed by atoms with E-state index in [1.807, 2.05) is 6.92 Å². The molecule has 0 heterocycles. The number of hydrogen-bond acceptors (Lipinski definition) is 2. The van der Waals surface area contributed by atoms with Crippen LogP contribution in [0.5, 0.6) is 0 Å². The van der Waals surface area contributed by atoms with E-state index in [4.69, 9.17) is 5.26 Å². The van der Waals surface area contributed by atoms with Gasteiger partial charge in [0, 0.05) is 6.54 Å². The van der Waals surface area contributed by atoms with E-state index in [-0.39, 0.29) is 5.92 Å². The summed E-state index contributed by atoms with van der Waals surface area (Å²) in [4.78, 5) is 2.37. The molecule has 0 rings (SSSR count). The molecule has 14 heavy (non-hydrogen) atoms. The van der Waals surface area contributed by atoms with E-state index >= 15 is 0 Å². The molecule has 1 unspecified atom stereocenters. The van der Waals surface area contributed by atoms with Crippen LogP contribution in [0.2, 0.25) is 0 Å². The highest BCUT2D eigenvalue weighted by Gasteiger charge is 2.07. The summed E-state index contributed by atoms with van der Waals surface area (Å²) in [5.74, 6) is 0.955. The van der Waals surface area contributed by atoms with Crippen molar-refractivity contribution in [2.45, 2.75) is 40.5 Å². The molecule has 0 aliphatic heterocycles. The fourth-order valence-corrected chi connectivity index (χ4v) is 1.53. The van der Waals surface area contributed by atoms with Crippen molar-refractivity contribution in [2.24, 2.45) is 11.8 Å². The molecule has 0 aromatic rings. The van der Waals surface area contributed by atoms with Crippen molar-refractivity contribution in [2.75, 3.05) is 19.6 Å². The van der Waals surface area contributed by atoms with Gasteiger partial charge in [0.15, 0.2) is 0 Å². The van der Waals surface area contributed by atoms with Crippen molar-refractivity contribution in [3.63, 3.8) is 0 Å². The van der Waals surface area contributed by atoms with Crippen LogP contribution in [0.1, 0.15) is 40.5 Å². The summed E-state index contributed by atoms with van der Waals surface area (Å²) in [7, 11) is 0. The predicted molar refractivity (Wildman–Crippen MR) is 61.0 cm³/mol. The molecule has 0 saturated carbocycles. The van der Waals surface area contributed by atoms with Gasteiger partial charge in [-0.1, -0.05) is 20.8 Å². The number of nitrogens with zero attached hydrogens (tertiary/aromatic N) is 2. The van der Waals surface area contributed by atoms with Crippen LogP contribution < -0.4 is 0 Å². The van der Waals surface area contributed by atoms with Gasteiger partial charge in [-0.05, 0) is 38.8 Å². The van der Waals surface area contributed by atoms with Gasteiger partial charge in [-0.2, -0.15) is 5.26 Å². The Hall–Kier alpha value is -0.550. The third-order valence-corrected chi connectivity index (χ3v) is 2.46. The molecule has 0 aliphatic rings. The second-order valence-electron chi connectivity index (χ2n) is 4.46. The molecule has 0 aromatic heterocycles. The zero-order valence-electron chi connectivity index (χ0n) is 10.1. The zero-order chi connectivity index (χ0) is 11.0. The summed E-state index contributed by atoms with van der Waals surface area (Å²) in [6.45, 7) is 11.8. The third-order valence-electron chi connectivity index (χ3n) is 2.46. The Morgan fingerprint density at radius 1 is 1.29 bits per heavy atom. The van der Waals surface area contributed by atoms with E-state index in [1.54, 1.807) is 0 Å². The number of hydrogen-bond donors (Lipinski definition) is 0. The van der Waals surface area contributed by atoms with Crippen LogP contribution in [0, 0.1) is 23.2 Å². The Morgan fingerprint density at radius 3 is 2.36 bits per heavy atom. The molecular formula is C12H24N2. The van der Waals surface area contributed by atoms with E-state index in [0.29, 0.717) is 0 Å². The van der Waals surface area contributed by atoms with Crippen molar-refractivity contribution in [3.05, 3.63) is 0 Å². The Morgan fingerprint density at radius 2 is 1.93 bits per heavy atom. The maximum absolute atomic E-state index is 8.72. The van der Waals surface area contributed by atoms with E-state index in [2.05, 4.69) is 31.7 Å². The van der Waals surface area contributed by atoms with Gasteiger partial charge in [0.2, 0.25) is 0 Å². The van der Waals surface area contributed by atoms with Gasteiger partial charge in [-0.3, -0.25) is 0 Å². The topological polar surface area (TPSA) is 27.0 Å². The minimum Gasteiger partial charge on any atom is -0.302 e. The van der Waals surface area contributed by atoms with Crippen LogP contribution in [-0.4, -0.2) is 24.5 Å². The molecule has 0 aromatic carbocycles. The molecule has 0 radical (unpaired) electrons. The van der Waals surface area contributed by atoms with Crippen molar-refractivity contribution in [3.8, 4) is 6.07 Å². The largest absolute Gasteiger partial charge is 0.302 e. The molecule has 0 N–H and O–H groups in total. The average molecular weight is 196 g/mol. The van der Waals surface area contributed by atoms with Crippen LogP contribution in [0.15, 0.2) is 0 Å². The minimum absolute atomic E-state index is 0.161. The van der Waals surface area contributed by atoms with Crippen LogP contribution in [0.25, 0.3) is 0 Å². The van der Waals surface area contributed by atoms with E-state index in [9.17, 15) is 0 Å². The fraction of sp³-hybridized carbons (Fsp3) is 0.917.